The molecule has 0 saturated heterocycles. The van der Waals surface area contributed by atoms with Crippen molar-refractivity contribution >= 4 is 23.1 Å². The van der Waals surface area contributed by atoms with Gasteiger partial charge >= 0.3 is 0 Å². The summed E-state index contributed by atoms with van der Waals surface area (Å²) in [5.74, 6) is 5.36. The minimum atomic E-state index is -0.227. The van der Waals surface area contributed by atoms with Crippen LogP contribution >= 0.6 is 11.3 Å². The van der Waals surface area contributed by atoms with Gasteiger partial charge in [-0.25, -0.2) is 15.8 Å². The molecule has 0 unspecified atom stereocenters. The van der Waals surface area contributed by atoms with Gasteiger partial charge in [-0.3, -0.25) is 9.78 Å². The number of nitrogens with two attached hydrogens (primary N) is 1. The van der Waals surface area contributed by atoms with Crippen molar-refractivity contribution in [2.45, 2.75) is 13.5 Å². The number of nitrogen functional groups attached to an aromatic ring is 1. The van der Waals surface area contributed by atoms with Crippen molar-refractivity contribution in [2.24, 2.45) is 5.84 Å². The number of hydrogen-bond donors (Lipinski definition) is 2. The van der Waals surface area contributed by atoms with E-state index in [4.69, 9.17) is 5.84 Å². The van der Waals surface area contributed by atoms with Crippen molar-refractivity contribution in [1.82, 2.24) is 19.9 Å². The zero-order valence-electron chi connectivity index (χ0n) is 10.6. The van der Waals surface area contributed by atoms with Gasteiger partial charge in [0.25, 0.3) is 5.91 Å². The molecule has 19 heavy (non-hydrogen) atoms. The van der Waals surface area contributed by atoms with Gasteiger partial charge in [-0.2, -0.15) is 0 Å². The molecule has 0 aromatic carbocycles. The van der Waals surface area contributed by atoms with Gasteiger partial charge in [-0.15, -0.1) is 11.3 Å². The summed E-state index contributed by atoms with van der Waals surface area (Å²) in [7, 11) is 1.70. The van der Waals surface area contributed by atoms with Crippen molar-refractivity contribution in [1.29, 1.82) is 0 Å². The Morgan fingerprint density at radius 3 is 2.89 bits per heavy atom. The second-order valence-corrected chi connectivity index (χ2v) is 5.02. The number of nitrogens with zero attached hydrogens (tertiary/aromatic N) is 4. The van der Waals surface area contributed by atoms with Crippen LogP contribution < -0.4 is 11.3 Å². The summed E-state index contributed by atoms with van der Waals surface area (Å²) in [6.45, 7) is 2.36. The molecule has 0 spiro atoms. The Bertz CT molecular complexity index is 584. The predicted molar refractivity (Wildman–Crippen MR) is 72.5 cm³/mol. The summed E-state index contributed by atoms with van der Waals surface area (Å²) in [4.78, 5) is 26.0. The molecule has 0 fully saturated rings. The van der Waals surface area contributed by atoms with Gasteiger partial charge in [-0.1, -0.05) is 0 Å². The largest absolute Gasteiger partial charge is 0.334 e. The van der Waals surface area contributed by atoms with Crippen LogP contribution in [0, 0.1) is 6.92 Å². The van der Waals surface area contributed by atoms with Gasteiger partial charge in [-0.05, 0) is 6.92 Å². The minimum absolute atomic E-state index is 0.227. The lowest BCUT2D eigenvalue weighted by atomic mass is 10.3. The van der Waals surface area contributed by atoms with Gasteiger partial charge < -0.3 is 10.3 Å². The number of nitrogens with one attached hydrogen (secondary N) is 1. The topological polar surface area (TPSA) is 97.0 Å². The van der Waals surface area contributed by atoms with E-state index < -0.39 is 0 Å². The third kappa shape index (κ3) is 3.24. The first kappa shape index (κ1) is 13.4. The Hall–Kier alpha value is -2.06. The van der Waals surface area contributed by atoms with E-state index >= 15 is 0 Å². The second kappa shape index (κ2) is 5.72. The summed E-state index contributed by atoms with van der Waals surface area (Å²) in [6, 6.07) is 0. The van der Waals surface area contributed by atoms with Crippen molar-refractivity contribution < 1.29 is 4.79 Å². The van der Waals surface area contributed by atoms with Crippen molar-refractivity contribution in [2.75, 3.05) is 12.5 Å². The van der Waals surface area contributed by atoms with E-state index in [1.54, 1.807) is 23.3 Å². The number of thiazole rings is 1. The molecular weight excluding hydrogens is 264 g/mol. The molecule has 100 valence electrons. The SMILES string of the molecule is Cc1nc(CN(C)C(=O)c2cncc(NN)n2)cs1. The minimum Gasteiger partial charge on any atom is -0.334 e. The molecule has 2 aromatic heterocycles. The van der Waals surface area contributed by atoms with Crippen LogP contribution in [0.5, 0.6) is 0 Å². The number of carbonyl (C=O) groups excluding carboxylic acids is 1. The summed E-state index contributed by atoms with van der Waals surface area (Å²) in [5.41, 5.74) is 3.46. The predicted octanol–water partition coefficient (Wildman–Crippen LogP) is 0.799. The van der Waals surface area contributed by atoms with Crippen LogP contribution in [0.4, 0.5) is 5.82 Å². The lowest BCUT2D eigenvalue weighted by Gasteiger charge is -2.15. The number of aryl methyl sites for hydroxylation is 1. The quantitative estimate of drug-likeness (QED) is 0.634. The number of carbonyl (C=O) groups is 1. The maximum atomic E-state index is 12.2. The lowest BCUT2D eigenvalue weighted by Crippen LogP contribution is -2.27. The third-order valence-corrected chi connectivity index (χ3v) is 3.24. The van der Waals surface area contributed by atoms with Crippen LogP contribution in [0.1, 0.15) is 21.2 Å². The van der Waals surface area contributed by atoms with Crippen LogP contribution in [-0.4, -0.2) is 32.8 Å². The van der Waals surface area contributed by atoms with Gasteiger partial charge in [0.05, 0.1) is 29.6 Å². The highest BCUT2D eigenvalue weighted by Crippen LogP contribution is 2.11. The molecule has 0 aliphatic rings. The van der Waals surface area contributed by atoms with Crippen LogP contribution in [0.15, 0.2) is 17.8 Å². The maximum Gasteiger partial charge on any atom is 0.274 e. The zero-order valence-corrected chi connectivity index (χ0v) is 11.4. The number of hydrogen-bond acceptors (Lipinski definition) is 7. The molecule has 2 rings (SSSR count). The van der Waals surface area contributed by atoms with E-state index in [1.807, 2.05) is 12.3 Å². The Balaban J connectivity index is 2.09. The molecular formula is C11H14N6OS. The van der Waals surface area contributed by atoms with Crippen molar-refractivity contribution in [3.8, 4) is 0 Å². The fourth-order valence-corrected chi connectivity index (χ4v) is 2.13. The molecule has 0 bridgehead atoms. The van der Waals surface area contributed by atoms with Crippen LogP contribution in [0.25, 0.3) is 0 Å². The summed E-state index contributed by atoms with van der Waals surface area (Å²) in [5, 5.41) is 2.91. The van der Waals surface area contributed by atoms with Crippen LogP contribution in [0.2, 0.25) is 0 Å². The van der Waals surface area contributed by atoms with E-state index in [0.29, 0.717) is 12.4 Å². The highest BCUT2D eigenvalue weighted by Gasteiger charge is 2.15. The molecule has 1 amide bonds. The summed E-state index contributed by atoms with van der Waals surface area (Å²) >= 11 is 1.56. The number of aromatic nitrogens is 3. The van der Waals surface area contributed by atoms with Crippen molar-refractivity contribution in [3.63, 3.8) is 0 Å². The van der Waals surface area contributed by atoms with E-state index in [2.05, 4.69) is 20.4 Å². The first-order chi connectivity index (χ1) is 9.10. The number of anilines is 1. The molecule has 2 heterocycles. The highest BCUT2D eigenvalue weighted by atomic mass is 32.1. The van der Waals surface area contributed by atoms with Gasteiger partial charge in [0.1, 0.15) is 5.69 Å². The van der Waals surface area contributed by atoms with Crippen molar-refractivity contribution in [3.05, 3.63) is 34.2 Å². The average Bonchev–Trinajstić information content (AvgIpc) is 2.83. The van der Waals surface area contributed by atoms with Gasteiger partial charge in [0.15, 0.2) is 5.82 Å². The monoisotopic (exact) mass is 278 g/mol. The van der Waals surface area contributed by atoms with E-state index in [1.165, 1.54) is 12.4 Å². The molecule has 7 nitrogen and oxygen atoms in total. The Labute approximate surface area is 114 Å². The molecule has 2 aromatic rings. The average molecular weight is 278 g/mol. The fraction of sp³-hybridized carbons (Fsp3) is 0.273. The number of rotatable bonds is 4. The Morgan fingerprint density at radius 2 is 2.26 bits per heavy atom. The van der Waals surface area contributed by atoms with Crippen LogP contribution in [-0.2, 0) is 6.54 Å². The maximum absolute atomic E-state index is 12.2. The molecule has 0 saturated carbocycles. The van der Waals surface area contributed by atoms with Gasteiger partial charge in [0, 0.05) is 12.4 Å². The second-order valence-electron chi connectivity index (χ2n) is 3.95. The Morgan fingerprint density at radius 1 is 1.47 bits per heavy atom. The normalized spacial score (nSPS) is 10.3. The molecule has 3 N–H and O–H groups in total. The molecule has 0 aliphatic heterocycles. The first-order valence-electron chi connectivity index (χ1n) is 5.55. The standard InChI is InChI=1S/C11H14N6OS/c1-7-14-8(6-19-7)5-17(2)11(18)9-3-13-4-10(15-9)16-12/h3-4,6H,5,12H2,1-2H3,(H,15,16). The molecule has 0 atom stereocenters. The third-order valence-electron chi connectivity index (χ3n) is 2.41. The molecule has 8 heteroatoms. The smallest absolute Gasteiger partial charge is 0.274 e. The number of amides is 1. The van der Waals surface area contributed by atoms with E-state index in [0.717, 1.165) is 10.7 Å². The lowest BCUT2D eigenvalue weighted by molar-refractivity contribution is 0.0777. The molecule has 0 aliphatic carbocycles. The summed E-state index contributed by atoms with van der Waals surface area (Å²) in [6.07, 6.45) is 2.85. The zero-order chi connectivity index (χ0) is 13.8. The van der Waals surface area contributed by atoms with Crippen LogP contribution in [0.3, 0.4) is 0 Å². The van der Waals surface area contributed by atoms with E-state index in [-0.39, 0.29) is 11.6 Å². The highest BCUT2D eigenvalue weighted by molar-refractivity contribution is 7.09. The Kier molecular flexibility index (Phi) is 4.03. The summed E-state index contributed by atoms with van der Waals surface area (Å²) < 4.78 is 0. The van der Waals surface area contributed by atoms with Gasteiger partial charge in [0.2, 0.25) is 0 Å². The first-order valence-corrected chi connectivity index (χ1v) is 6.43. The fourth-order valence-electron chi connectivity index (χ4n) is 1.53. The molecule has 0 radical (unpaired) electrons. The number of hydrazine groups is 1. The van der Waals surface area contributed by atoms with E-state index in [9.17, 15) is 4.79 Å².